The van der Waals surface area contributed by atoms with E-state index in [0.717, 1.165) is 25.9 Å². The molecule has 0 fully saturated rings. The number of hydrogen-bond donors (Lipinski definition) is 2. The zero-order chi connectivity index (χ0) is 6.95. The summed E-state index contributed by atoms with van der Waals surface area (Å²) in [5.74, 6) is 0. The molecule has 0 rings (SSSR count). The molecule has 0 bridgehead atoms. The molecule has 0 aromatic carbocycles. The summed E-state index contributed by atoms with van der Waals surface area (Å²) in [5.41, 5.74) is 10.5. The Bertz CT molecular complexity index is 70.7. The highest BCUT2D eigenvalue weighted by Gasteiger charge is 1.76. The largest absolute Gasteiger partial charge is 0.330 e. The van der Waals surface area contributed by atoms with Crippen LogP contribution in [0.25, 0.3) is 0 Å². The van der Waals surface area contributed by atoms with Gasteiger partial charge >= 0.3 is 0 Å². The van der Waals surface area contributed by atoms with Crippen LogP contribution in [0.15, 0.2) is 4.99 Å². The van der Waals surface area contributed by atoms with Crippen LogP contribution in [0.4, 0.5) is 0 Å². The standard InChI is InChI=1S/C6H15N3/c7-3-1-5-9-6-2-4-8/h5H,1-4,6-8H2. The maximum absolute atomic E-state index is 5.24. The first-order valence-corrected chi connectivity index (χ1v) is 3.30. The minimum Gasteiger partial charge on any atom is -0.330 e. The number of rotatable bonds is 5. The van der Waals surface area contributed by atoms with Crippen LogP contribution < -0.4 is 11.5 Å². The van der Waals surface area contributed by atoms with Gasteiger partial charge in [0.2, 0.25) is 0 Å². The molecule has 3 heteroatoms. The van der Waals surface area contributed by atoms with E-state index in [1.54, 1.807) is 0 Å². The molecule has 0 aliphatic heterocycles. The molecule has 4 N–H and O–H groups in total. The molecular formula is C6H15N3. The van der Waals surface area contributed by atoms with Gasteiger partial charge in [-0.15, -0.1) is 0 Å². The highest BCUT2D eigenvalue weighted by atomic mass is 14.7. The van der Waals surface area contributed by atoms with Gasteiger partial charge < -0.3 is 11.5 Å². The van der Waals surface area contributed by atoms with Gasteiger partial charge in [0.1, 0.15) is 0 Å². The van der Waals surface area contributed by atoms with E-state index >= 15 is 0 Å². The molecular weight excluding hydrogens is 114 g/mol. The smallest absolute Gasteiger partial charge is 0.0397 e. The lowest BCUT2D eigenvalue weighted by atomic mass is 10.4. The van der Waals surface area contributed by atoms with Gasteiger partial charge in [0.15, 0.2) is 0 Å². The Morgan fingerprint density at radius 2 is 2.00 bits per heavy atom. The highest BCUT2D eigenvalue weighted by Crippen LogP contribution is 1.76. The van der Waals surface area contributed by atoms with Crippen molar-refractivity contribution >= 4 is 6.21 Å². The first-order chi connectivity index (χ1) is 4.41. The fourth-order valence-electron chi connectivity index (χ4n) is 0.440. The van der Waals surface area contributed by atoms with Gasteiger partial charge in [-0.25, -0.2) is 0 Å². The van der Waals surface area contributed by atoms with Crippen molar-refractivity contribution in [3.05, 3.63) is 0 Å². The molecule has 0 atom stereocenters. The molecule has 0 aliphatic carbocycles. The Hall–Kier alpha value is -0.410. The fraction of sp³-hybridized carbons (Fsp3) is 0.833. The van der Waals surface area contributed by atoms with Gasteiger partial charge in [-0.2, -0.15) is 0 Å². The molecule has 0 radical (unpaired) electrons. The third-order valence-corrected chi connectivity index (χ3v) is 0.916. The maximum Gasteiger partial charge on any atom is 0.0397 e. The Morgan fingerprint density at radius 3 is 2.56 bits per heavy atom. The van der Waals surface area contributed by atoms with Crippen LogP contribution >= 0.6 is 0 Å². The van der Waals surface area contributed by atoms with Crippen LogP contribution in [0, 0.1) is 0 Å². The molecule has 54 valence electrons. The first-order valence-electron chi connectivity index (χ1n) is 3.30. The third kappa shape index (κ3) is 7.59. The molecule has 3 nitrogen and oxygen atoms in total. The molecule has 0 saturated carbocycles. The van der Waals surface area contributed by atoms with Crippen LogP contribution in [0.3, 0.4) is 0 Å². The lowest BCUT2D eigenvalue weighted by Gasteiger charge is -1.88. The minimum atomic E-state index is 0.687. The fourth-order valence-corrected chi connectivity index (χ4v) is 0.440. The van der Waals surface area contributed by atoms with Gasteiger partial charge in [0.25, 0.3) is 0 Å². The summed E-state index contributed by atoms with van der Waals surface area (Å²) in [7, 11) is 0. The van der Waals surface area contributed by atoms with Crippen molar-refractivity contribution in [3.8, 4) is 0 Å². The van der Waals surface area contributed by atoms with Crippen LogP contribution in [0.1, 0.15) is 12.8 Å². The average molecular weight is 129 g/mol. The molecule has 0 aromatic heterocycles. The first kappa shape index (κ1) is 8.59. The van der Waals surface area contributed by atoms with Crippen LogP contribution in [0.5, 0.6) is 0 Å². The van der Waals surface area contributed by atoms with E-state index in [9.17, 15) is 0 Å². The molecule has 0 unspecified atom stereocenters. The van der Waals surface area contributed by atoms with Crippen LogP contribution in [-0.4, -0.2) is 25.8 Å². The summed E-state index contributed by atoms with van der Waals surface area (Å²) in [5, 5.41) is 0. The van der Waals surface area contributed by atoms with Gasteiger partial charge in [0, 0.05) is 6.54 Å². The van der Waals surface area contributed by atoms with Gasteiger partial charge in [-0.05, 0) is 32.1 Å². The lowest BCUT2D eigenvalue weighted by Crippen LogP contribution is -2.01. The van der Waals surface area contributed by atoms with E-state index in [4.69, 9.17) is 11.5 Å². The van der Waals surface area contributed by atoms with Gasteiger partial charge in [-0.1, -0.05) is 0 Å². The zero-order valence-electron chi connectivity index (χ0n) is 5.71. The van der Waals surface area contributed by atoms with Crippen LogP contribution in [0.2, 0.25) is 0 Å². The van der Waals surface area contributed by atoms with E-state index in [2.05, 4.69) is 4.99 Å². The van der Waals surface area contributed by atoms with E-state index in [1.807, 2.05) is 6.21 Å². The topological polar surface area (TPSA) is 64.4 Å². The minimum absolute atomic E-state index is 0.687. The molecule has 0 aromatic rings. The SMILES string of the molecule is NCCC=NCCCN. The van der Waals surface area contributed by atoms with Gasteiger partial charge in [-0.3, -0.25) is 4.99 Å². The monoisotopic (exact) mass is 129 g/mol. The average Bonchev–Trinajstić information content (AvgIpc) is 1.89. The normalized spacial score (nSPS) is 10.9. The van der Waals surface area contributed by atoms with Crippen molar-refractivity contribution in [2.75, 3.05) is 19.6 Å². The molecule has 0 heterocycles. The summed E-state index contributed by atoms with van der Waals surface area (Å²) in [6.07, 6.45) is 3.71. The zero-order valence-corrected chi connectivity index (χ0v) is 5.71. The predicted octanol–water partition coefficient (Wildman–Crippen LogP) is -0.245. The van der Waals surface area contributed by atoms with Gasteiger partial charge in [0.05, 0.1) is 0 Å². The lowest BCUT2D eigenvalue weighted by molar-refractivity contribution is 0.844. The van der Waals surface area contributed by atoms with Crippen molar-refractivity contribution in [3.63, 3.8) is 0 Å². The van der Waals surface area contributed by atoms with Crippen LogP contribution in [-0.2, 0) is 0 Å². The second-order valence-electron chi connectivity index (χ2n) is 1.81. The van der Waals surface area contributed by atoms with Crippen molar-refractivity contribution in [2.24, 2.45) is 16.5 Å². The third-order valence-electron chi connectivity index (χ3n) is 0.916. The summed E-state index contributed by atoms with van der Waals surface area (Å²) < 4.78 is 0. The number of nitrogens with two attached hydrogens (primary N) is 2. The Kier molecular flexibility index (Phi) is 7.24. The second-order valence-corrected chi connectivity index (χ2v) is 1.81. The number of hydrogen-bond acceptors (Lipinski definition) is 3. The Labute approximate surface area is 56.1 Å². The van der Waals surface area contributed by atoms with E-state index in [1.165, 1.54) is 0 Å². The van der Waals surface area contributed by atoms with Crippen molar-refractivity contribution in [1.82, 2.24) is 0 Å². The molecule has 0 saturated heterocycles. The van der Waals surface area contributed by atoms with E-state index in [-0.39, 0.29) is 0 Å². The summed E-state index contributed by atoms with van der Waals surface area (Å²) >= 11 is 0. The summed E-state index contributed by atoms with van der Waals surface area (Å²) in [6.45, 7) is 2.25. The van der Waals surface area contributed by atoms with Crippen molar-refractivity contribution in [1.29, 1.82) is 0 Å². The van der Waals surface area contributed by atoms with E-state index < -0.39 is 0 Å². The van der Waals surface area contributed by atoms with E-state index in [0.29, 0.717) is 6.54 Å². The van der Waals surface area contributed by atoms with Crippen molar-refractivity contribution < 1.29 is 0 Å². The Morgan fingerprint density at radius 1 is 1.22 bits per heavy atom. The second kappa shape index (κ2) is 7.59. The molecule has 0 aliphatic rings. The molecule has 0 spiro atoms. The highest BCUT2D eigenvalue weighted by molar-refractivity contribution is 5.57. The summed E-state index contributed by atoms with van der Waals surface area (Å²) in [6, 6.07) is 0. The molecule has 0 amide bonds. The Balaban J connectivity index is 2.86. The number of aliphatic imine (C=N–C) groups is 1. The molecule has 9 heavy (non-hydrogen) atoms. The maximum atomic E-state index is 5.24. The predicted molar refractivity (Wildman–Crippen MR) is 40.7 cm³/mol. The quantitative estimate of drug-likeness (QED) is 0.397. The van der Waals surface area contributed by atoms with Crippen molar-refractivity contribution in [2.45, 2.75) is 12.8 Å². The number of nitrogens with zero attached hydrogens (tertiary/aromatic N) is 1. The summed E-state index contributed by atoms with van der Waals surface area (Å²) in [4.78, 5) is 4.07.